The Bertz CT molecular complexity index is 580. The fourth-order valence-corrected chi connectivity index (χ4v) is 2.45. The van der Waals surface area contributed by atoms with Crippen LogP contribution in [0.4, 0.5) is 5.69 Å². The lowest BCUT2D eigenvalue weighted by Crippen LogP contribution is -2.24. The van der Waals surface area contributed by atoms with Gasteiger partial charge in [-0.25, -0.2) is 0 Å². The molecule has 1 heterocycles. The van der Waals surface area contributed by atoms with Crippen molar-refractivity contribution in [3.63, 3.8) is 0 Å². The highest BCUT2D eigenvalue weighted by atomic mass is 16.3. The van der Waals surface area contributed by atoms with Gasteiger partial charge in [-0.2, -0.15) is 0 Å². The van der Waals surface area contributed by atoms with E-state index in [1.165, 1.54) is 16.7 Å². The number of carbonyl (C=O) groups excluding carboxylic acids is 1. The molecule has 0 fully saturated rings. The third-order valence-electron chi connectivity index (χ3n) is 3.37. The second kappa shape index (κ2) is 6.97. The van der Waals surface area contributed by atoms with E-state index in [4.69, 9.17) is 4.42 Å². The molecule has 0 saturated carbocycles. The molecular weight excluding hydrogens is 264 g/mol. The lowest BCUT2D eigenvalue weighted by atomic mass is 10.1. The lowest BCUT2D eigenvalue weighted by Gasteiger charge is -2.13. The molecule has 21 heavy (non-hydrogen) atoms. The van der Waals surface area contributed by atoms with Crippen LogP contribution in [-0.2, 0) is 11.3 Å². The van der Waals surface area contributed by atoms with Crippen molar-refractivity contribution in [1.29, 1.82) is 0 Å². The number of furan rings is 1. The van der Waals surface area contributed by atoms with Crippen molar-refractivity contribution in [3.8, 4) is 0 Å². The summed E-state index contributed by atoms with van der Waals surface area (Å²) in [4.78, 5) is 11.8. The maximum atomic E-state index is 11.8. The molecule has 4 heteroatoms. The van der Waals surface area contributed by atoms with Crippen molar-refractivity contribution in [1.82, 2.24) is 5.32 Å². The van der Waals surface area contributed by atoms with E-state index in [2.05, 4.69) is 43.5 Å². The number of amides is 1. The molecule has 1 aromatic carbocycles. The maximum absolute atomic E-state index is 11.8. The second-order valence-electron chi connectivity index (χ2n) is 5.31. The summed E-state index contributed by atoms with van der Waals surface area (Å²) >= 11 is 0. The molecule has 4 nitrogen and oxygen atoms in total. The Hall–Kier alpha value is -2.23. The Morgan fingerprint density at radius 2 is 1.90 bits per heavy atom. The smallest absolute Gasteiger partial charge is 0.222 e. The summed E-state index contributed by atoms with van der Waals surface area (Å²) in [6, 6.07) is 7.95. The highest BCUT2D eigenvalue weighted by molar-refractivity contribution is 5.76. The van der Waals surface area contributed by atoms with Crippen molar-refractivity contribution in [2.24, 2.45) is 0 Å². The van der Waals surface area contributed by atoms with Gasteiger partial charge in [-0.05, 0) is 44.0 Å². The second-order valence-corrected chi connectivity index (χ2v) is 5.31. The number of anilines is 1. The first-order valence-electron chi connectivity index (χ1n) is 7.17. The van der Waals surface area contributed by atoms with E-state index in [-0.39, 0.29) is 5.91 Å². The predicted octanol–water partition coefficient (Wildman–Crippen LogP) is 3.32. The number of hydrogen-bond donors (Lipinski definition) is 2. The van der Waals surface area contributed by atoms with Crippen LogP contribution in [0.3, 0.4) is 0 Å². The molecule has 0 atom stereocenters. The van der Waals surface area contributed by atoms with Gasteiger partial charge in [-0.3, -0.25) is 4.79 Å². The number of carbonyl (C=O) groups is 1. The Balaban J connectivity index is 1.77. The average Bonchev–Trinajstić information content (AvgIpc) is 2.92. The van der Waals surface area contributed by atoms with Crippen LogP contribution in [0, 0.1) is 20.8 Å². The molecule has 2 aromatic rings. The van der Waals surface area contributed by atoms with E-state index in [0.717, 1.165) is 11.4 Å². The molecule has 0 aliphatic rings. The largest absolute Gasteiger partial charge is 0.467 e. The Kier molecular flexibility index (Phi) is 5.04. The van der Waals surface area contributed by atoms with E-state index in [9.17, 15) is 4.79 Å². The van der Waals surface area contributed by atoms with E-state index in [1.54, 1.807) is 6.26 Å². The van der Waals surface area contributed by atoms with Crippen LogP contribution in [0.1, 0.15) is 28.9 Å². The number of aryl methyl sites for hydroxylation is 3. The maximum Gasteiger partial charge on any atom is 0.222 e. The number of nitrogens with one attached hydrogen (secondary N) is 2. The summed E-state index contributed by atoms with van der Waals surface area (Å²) in [5.41, 5.74) is 4.80. The number of rotatable bonds is 6. The van der Waals surface area contributed by atoms with Gasteiger partial charge < -0.3 is 15.1 Å². The summed E-state index contributed by atoms with van der Waals surface area (Å²) in [6.07, 6.45) is 2.04. The van der Waals surface area contributed by atoms with Gasteiger partial charge in [0, 0.05) is 18.7 Å². The molecule has 0 unspecified atom stereocenters. The Labute approximate surface area is 125 Å². The molecule has 0 bridgehead atoms. The molecule has 1 aromatic heterocycles. The lowest BCUT2D eigenvalue weighted by molar-refractivity contribution is -0.121. The summed E-state index contributed by atoms with van der Waals surface area (Å²) in [5.74, 6) is 0.780. The molecule has 0 radical (unpaired) electrons. The highest BCUT2D eigenvalue weighted by Crippen LogP contribution is 2.21. The molecule has 1 amide bonds. The molecule has 0 aliphatic carbocycles. The quantitative estimate of drug-likeness (QED) is 0.856. The van der Waals surface area contributed by atoms with Crippen molar-refractivity contribution >= 4 is 11.6 Å². The molecule has 0 saturated heterocycles. The van der Waals surface area contributed by atoms with Gasteiger partial charge in [0.2, 0.25) is 5.91 Å². The van der Waals surface area contributed by atoms with Gasteiger partial charge in [-0.15, -0.1) is 0 Å². The van der Waals surface area contributed by atoms with Gasteiger partial charge >= 0.3 is 0 Å². The third kappa shape index (κ3) is 4.38. The summed E-state index contributed by atoms with van der Waals surface area (Å²) in [6.45, 7) is 7.31. The van der Waals surface area contributed by atoms with Gasteiger partial charge in [0.15, 0.2) is 0 Å². The fourth-order valence-electron chi connectivity index (χ4n) is 2.45. The minimum absolute atomic E-state index is 0.0151. The van der Waals surface area contributed by atoms with E-state index < -0.39 is 0 Å². The van der Waals surface area contributed by atoms with Crippen LogP contribution in [0.25, 0.3) is 0 Å². The molecule has 0 aliphatic heterocycles. The summed E-state index contributed by atoms with van der Waals surface area (Å²) < 4.78 is 5.17. The van der Waals surface area contributed by atoms with Crippen molar-refractivity contribution in [2.45, 2.75) is 33.7 Å². The first-order chi connectivity index (χ1) is 10.1. The van der Waals surface area contributed by atoms with Gasteiger partial charge in [0.05, 0.1) is 12.8 Å². The van der Waals surface area contributed by atoms with Crippen LogP contribution in [-0.4, -0.2) is 12.5 Å². The van der Waals surface area contributed by atoms with Gasteiger partial charge in [0.25, 0.3) is 0 Å². The zero-order chi connectivity index (χ0) is 15.2. The molecule has 2 N–H and O–H groups in total. The van der Waals surface area contributed by atoms with Crippen LogP contribution >= 0.6 is 0 Å². The standard InChI is InChI=1S/C17H22N2O2/c1-12-9-13(2)17(14(3)10-12)18-7-6-16(20)19-11-15-5-4-8-21-15/h4-5,8-10,18H,6-7,11H2,1-3H3,(H,19,20). The first kappa shape index (κ1) is 15.2. The third-order valence-corrected chi connectivity index (χ3v) is 3.37. The van der Waals surface area contributed by atoms with Gasteiger partial charge in [0.1, 0.15) is 5.76 Å². The number of hydrogen-bond acceptors (Lipinski definition) is 3. The number of benzene rings is 1. The molecule has 2 rings (SSSR count). The minimum atomic E-state index is 0.0151. The fraction of sp³-hybridized carbons (Fsp3) is 0.353. The van der Waals surface area contributed by atoms with Crippen molar-refractivity contribution < 1.29 is 9.21 Å². The molecule has 112 valence electrons. The molecular formula is C17H22N2O2. The highest BCUT2D eigenvalue weighted by Gasteiger charge is 2.06. The molecule has 0 spiro atoms. The SMILES string of the molecule is Cc1cc(C)c(NCCC(=O)NCc2ccco2)c(C)c1. The van der Waals surface area contributed by atoms with E-state index in [0.29, 0.717) is 19.5 Å². The summed E-state index contributed by atoms with van der Waals surface area (Å²) in [5, 5.41) is 6.19. The minimum Gasteiger partial charge on any atom is -0.467 e. The van der Waals surface area contributed by atoms with Crippen LogP contribution < -0.4 is 10.6 Å². The Morgan fingerprint density at radius 3 is 2.52 bits per heavy atom. The van der Waals surface area contributed by atoms with Crippen LogP contribution in [0.15, 0.2) is 34.9 Å². The topological polar surface area (TPSA) is 54.3 Å². The normalized spacial score (nSPS) is 10.4. The zero-order valence-electron chi connectivity index (χ0n) is 12.8. The summed E-state index contributed by atoms with van der Waals surface area (Å²) in [7, 11) is 0. The average molecular weight is 286 g/mol. The van der Waals surface area contributed by atoms with E-state index in [1.807, 2.05) is 12.1 Å². The van der Waals surface area contributed by atoms with Gasteiger partial charge in [-0.1, -0.05) is 17.7 Å². The zero-order valence-corrected chi connectivity index (χ0v) is 12.8. The predicted molar refractivity (Wildman–Crippen MR) is 84.3 cm³/mol. The monoisotopic (exact) mass is 286 g/mol. The Morgan fingerprint density at radius 1 is 1.19 bits per heavy atom. The van der Waals surface area contributed by atoms with Crippen molar-refractivity contribution in [3.05, 3.63) is 53.0 Å². The van der Waals surface area contributed by atoms with Crippen LogP contribution in [0.5, 0.6) is 0 Å². The first-order valence-corrected chi connectivity index (χ1v) is 7.17. The van der Waals surface area contributed by atoms with Crippen molar-refractivity contribution in [2.75, 3.05) is 11.9 Å². The van der Waals surface area contributed by atoms with E-state index >= 15 is 0 Å². The van der Waals surface area contributed by atoms with Crippen LogP contribution in [0.2, 0.25) is 0 Å².